The molecule has 2 amide bonds. The number of rotatable bonds is 9. The maximum absolute atomic E-state index is 12.9. The molecule has 0 bridgehead atoms. The van der Waals surface area contributed by atoms with Crippen molar-refractivity contribution in [2.24, 2.45) is 5.73 Å². The zero-order valence-corrected chi connectivity index (χ0v) is 21.9. The van der Waals surface area contributed by atoms with E-state index in [-0.39, 0.29) is 29.9 Å². The number of carbonyl (C=O) groups excluding carboxylic acids is 2. The number of hydrogen-bond donors (Lipinski definition) is 3. The summed E-state index contributed by atoms with van der Waals surface area (Å²) in [5, 5.41) is 17.0. The first-order valence-corrected chi connectivity index (χ1v) is 12.6. The number of pyridine rings is 1. The van der Waals surface area contributed by atoms with E-state index in [9.17, 15) is 14.7 Å². The number of nitrogens with zero attached hydrogens (tertiary/aromatic N) is 3. The summed E-state index contributed by atoms with van der Waals surface area (Å²) in [5.74, 6) is -0.779. The van der Waals surface area contributed by atoms with Crippen LogP contribution in [0.1, 0.15) is 44.0 Å². The quantitative estimate of drug-likeness (QED) is 0.312. The van der Waals surface area contributed by atoms with Crippen LogP contribution >= 0.6 is 0 Å². The van der Waals surface area contributed by atoms with Crippen LogP contribution in [0, 0.1) is 0 Å². The largest absolute Gasteiger partial charge is 0.508 e. The van der Waals surface area contributed by atoms with Crippen LogP contribution in [0.25, 0.3) is 17.1 Å². The van der Waals surface area contributed by atoms with Gasteiger partial charge in [0.15, 0.2) is 0 Å². The molecule has 0 spiro atoms. The molecular weight excluding hydrogens is 478 g/mol. The van der Waals surface area contributed by atoms with E-state index in [4.69, 9.17) is 10.8 Å². The molecule has 0 aliphatic carbocycles. The second-order valence-electron chi connectivity index (χ2n) is 10.3. The number of aromatic hydroxyl groups is 1. The predicted molar refractivity (Wildman–Crippen MR) is 147 cm³/mol. The summed E-state index contributed by atoms with van der Waals surface area (Å²) in [6.07, 6.45) is 2.51. The van der Waals surface area contributed by atoms with Gasteiger partial charge in [0.25, 0.3) is 0 Å². The number of phenols is 1. The number of nitrogens with two attached hydrogens (primary N) is 1. The zero-order chi connectivity index (χ0) is 27.3. The molecular formula is C30H33N5O3. The Morgan fingerprint density at radius 1 is 1.00 bits per heavy atom. The molecule has 2 aromatic carbocycles. The van der Waals surface area contributed by atoms with Crippen molar-refractivity contribution in [2.75, 3.05) is 0 Å². The summed E-state index contributed by atoms with van der Waals surface area (Å²) in [6, 6.07) is 21.4. The lowest BCUT2D eigenvalue weighted by Gasteiger charge is -2.19. The van der Waals surface area contributed by atoms with Crippen LogP contribution in [0.5, 0.6) is 5.75 Å². The molecule has 0 aliphatic heterocycles. The monoisotopic (exact) mass is 511 g/mol. The smallest absolute Gasteiger partial charge is 0.240 e. The number of carbonyl (C=O) groups is 2. The molecule has 4 rings (SSSR count). The number of benzene rings is 2. The molecule has 2 aromatic heterocycles. The molecule has 0 fully saturated rings. The summed E-state index contributed by atoms with van der Waals surface area (Å²) in [4.78, 5) is 29.3. The molecule has 0 saturated carbocycles. The fraction of sp³-hybridized carbons (Fsp3) is 0.267. The van der Waals surface area contributed by atoms with E-state index < -0.39 is 11.9 Å². The fourth-order valence-corrected chi connectivity index (χ4v) is 4.16. The minimum absolute atomic E-state index is 0.0276. The van der Waals surface area contributed by atoms with Gasteiger partial charge in [0.05, 0.1) is 11.4 Å². The lowest BCUT2D eigenvalue weighted by molar-refractivity contribution is -0.127. The number of primary amides is 1. The van der Waals surface area contributed by atoms with Crippen molar-refractivity contribution in [1.29, 1.82) is 0 Å². The van der Waals surface area contributed by atoms with Gasteiger partial charge >= 0.3 is 0 Å². The van der Waals surface area contributed by atoms with Crippen LogP contribution in [-0.2, 0) is 27.8 Å². The average Bonchev–Trinajstić information content (AvgIpc) is 3.33. The van der Waals surface area contributed by atoms with E-state index in [1.54, 1.807) is 18.3 Å². The van der Waals surface area contributed by atoms with Gasteiger partial charge in [0.2, 0.25) is 11.8 Å². The third kappa shape index (κ3) is 6.64. The Balaban J connectivity index is 1.52. The Morgan fingerprint density at radius 2 is 1.71 bits per heavy atom. The molecule has 8 heteroatoms. The Hall–Kier alpha value is -4.46. The molecule has 1 atom stereocenters. The number of nitrogens with one attached hydrogen (secondary N) is 1. The lowest BCUT2D eigenvalue weighted by Crippen LogP contribution is -2.45. The molecule has 38 heavy (non-hydrogen) atoms. The molecule has 1 unspecified atom stereocenters. The molecule has 4 N–H and O–H groups in total. The third-order valence-corrected chi connectivity index (χ3v) is 6.35. The zero-order valence-electron chi connectivity index (χ0n) is 21.9. The molecule has 0 saturated heterocycles. The van der Waals surface area contributed by atoms with Crippen LogP contribution in [-0.4, -0.2) is 37.7 Å². The summed E-state index contributed by atoms with van der Waals surface area (Å²) < 4.78 is 1.84. The summed E-state index contributed by atoms with van der Waals surface area (Å²) in [5.41, 5.74) is 10.8. The fourth-order valence-electron chi connectivity index (χ4n) is 4.16. The second-order valence-corrected chi connectivity index (χ2v) is 10.3. The number of phenolic OH excluding ortho intramolecular Hbond substituents is 1. The number of amides is 2. The van der Waals surface area contributed by atoms with Gasteiger partial charge in [-0.25, -0.2) is 4.68 Å². The van der Waals surface area contributed by atoms with Crippen molar-refractivity contribution in [3.05, 3.63) is 95.8 Å². The Labute approximate surface area is 222 Å². The lowest BCUT2D eigenvalue weighted by atomic mass is 9.87. The van der Waals surface area contributed by atoms with E-state index in [1.165, 1.54) is 17.7 Å². The molecule has 2 heterocycles. The average molecular weight is 512 g/mol. The highest BCUT2D eigenvalue weighted by Crippen LogP contribution is 2.25. The van der Waals surface area contributed by atoms with Gasteiger partial charge in [-0.2, -0.15) is 5.10 Å². The summed E-state index contributed by atoms with van der Waals surface area (Å²) in [7, 11) is 0. The first kappa shape index (κ1) is 26.6. The SMILES string of the molecule is CC(C)(C)c1ccc(-n2nc(-c3ccccn3)cc2CCC(=O)NC(Cc2ccc(O)cc2)C(N)=O)cc1. The van der Waals surface area contributed by atoms with Crippen LogP contribution in [0.3, 0.4) is 0 Å². The van der Waals surface area contributed by atoms with Crippen LogP contribution in [0.15, 0.2) is 79.0 Å². The van der Waals surface area contributed by atoms with Crippen LogP contribution in [0.4, 0.5) is 0 Å². The highest BCUT2D eigenvalue weighted by atomic mass is 16.3. The number of aryl methyl sites for hydroxylation is 1. The van der Waals surface area contributed by atoms with Gasteiger partial charge < -0.3 is 16.2 Å². The number of aromatic nitrogens is 3. The first-order chi connectivity index (χ1) is 18.1. The van der Waals surface area contributed by atoms with Crippen LogP contribution < -0.4 is 11.1 Å². The normalized spacial score (nSPS) is 12.2. The minimum atomic E-state index is -0.856. The van der Waals surface area contributed by atoms with Gasteiger partial charge in [-0.3, -0.25) is 14.6 Å². The van der Waals surface area contributed by atoms with E-state index in [0.29, 0.717) is 12.1 Å². The van der Waals surface area contributed by atoms with Crippen molar-refractivity contribution in [3.63, 3.8) is 0 Å². The van der Waals surface area contributed by atoms with E-state index in [2.05, 4.69) is 43.2 Å². The van der Waals surface area contributed by atoms with Crippen LogP contribution in [0.2, 0.25) is 0 Å². The van der Waals surface area contributed by atoms with E-state index >= 15 is 0 Å². The van der Waals surface area contributed by atoms with Gasteiger partial charge in [-0.05, 0) is 65.4 Å². The Bertz CT molecular complexity index is 1390. The van der Waals surface area contributed by atoms with E-state index in [1.807, 2.05) is 41.1 Å². The molecule has 196 valence electrons. The van der Waals surface area contributed by atoms with Gasteiger partial charge in [-0.1, -0.05) is 51.1 Å². The predicted octanol–water partition coefficient (Wildman–Crippen LogP) is 4.08. The van der Waals surface area contributed by atoms with Crippen molar-refractivity contribution in [3.8, 4) is 22.8 Å². The molecule has 8 nitrogen and oxygen atoms in total. The van der Waals surface area contributed by atoms with Crippen molar-refractivity contribution in [2.45, 2.75) is 51.5 Å². The van der Waals surface area contributed by atoms with Gasteiger partial charge in [0, 0.05) is 24.7 Å². The van der Waals surface area contributed by atoms with E-state index in [0.717, 1.165) is 22.6 Å². The molecule has 4 aromatic rings. The Kier molecular flexibility index (Phi) is 7.90. The van der Waals surface area contributed by atoms with Gasteiger partial charge in [0.1, 0.15) is 17.5 Å². The van der Waals surface area contributed by atoms with Crippen molar-refractivity contribution < 1.29 is 14.7 Å². The molecule has 0 aliphatic rings. The van der Waals surface area contributed by atoms with Crippen molar-refractivity contribution >= 4 is 11.8 Å². The topological polar surface area (TPSA) is 123 Å². The Morgan fingerprint density at radius 3 is 2.32 bits per heavy atom. The third-order valence-electron chi connectivity index (χ3n) is 6.35. The first-order valence-electron chi connectivity index (χ1n) is 12.6. The maximum atomic E-state index is 12.9. The summed E-state index contributed by atoms with van der Waals surface area (Å²) >= 11 is 0. The minimum Gasteiger partial charge on any atom is -0.508 e. The highest BCUT2D eigenvalue weighted by Gasteiger charge is 2.20. The second kappa shape index (κ2) is 11.3. The highest BCUT2D eigenvalue weighted by molar-refractivity contribution is 5.86. The van der Waals surface area contributed by atoms with Gasteiger partial charge in [-0.15, -0.1) is 0 Å². The van der Waals surface area contributed by atoms with Crippen molar-refractivity contribution in [1.82, 2.24) is 20.1 Å². The number of hydrogen-bond acceptors (Lipinski definition) is 5. The molecule has 0 radical (unpaired) electrons. The summed E-state index contributed by atoms with van der Waals surface area (Å²) in [6.45, 7) is 6.50. The standard InChI is InChI=1S/C30H33N5O3/c1-30(2,3)21-9-11-22(12-10-21)35-23(19-26(34-35)25-6-4-5-17-32-25)13-16-28(37)33-27(29(31)38)18-20-7-14-24(36)15-8-20/h4-12,14-15,17,19,27,36H,13,16,18H2,1-3H3,(H2,31,38)(H,33,37). The maximum Gasteiger partial charge on any atom is 0.240 e.